The Morgan fingerprint density at radius 2 is 1.64 bits per heavy atom. The van der Waals surface area contributed by atoms with E-state index >= 15 is 0 Å². The molecule has 0 atom stereocenters. The molecule has 0 saturated carbocycles. The molecule has 0 rings (SSSR count). The van der Waals surface area contributed by atoms with Crippen LogP contribution in [0, 0.1) is 0 Å². The van der Waals surface area contributed by atoms with Gasteiger partial charge >= 0.3 is 23.2 Å². The first-order chi connectivity index (χ1) is 4.34. The minimum absolute atomic E-state index is 0. The smallest absolute Gasteiger partial charge is 0.300 e. The van der Waals surface area contributed by atoms with Crippen LogP contribution in [0.5, 0.6) is 0 Å². The van der Waals surface area contributed by atoms with Crippen molar-refractivity contribution in [3.05, 3.63) is 0 Å². The van der Waals surface area contributed by atoms with E-state index in [1.807, 2.05) is 0 Å². The molecule has 1 radical (unpaired) electrons. The van der Waals surface area contributed by atoms with Gasteiger partial charge in [0.15, 0.2) is 0 Å². The van der Waals surface area contributed by atoms with Gasteiger partial charge in [-0.05, 0) is 6.92 Å². The molecule has 11 heavy (non-hydrogen) atoms. The van der Waals surface area contributed by atoms with Gasteiger partial charge in [-0.1, -0.05) is 0 Å². The van der Waals surface area contributed by atoms with E-state index in [2.05, 4.69) is 0 Å². The molecule has 0 aromatic rings. The van der Waals surface area contributed by atoms with Crippen LogP contribution in [0.3, 0.4) is 0 Å². The van der Waals surface area contributed by atoms with E-state index in [1.165, 1.54) is 0 Å². The van der Waals surface area contributed by atoms with E-state index in [0.717, 1.165) is 6.92 Å². The summed E-state index contributed by atoms with van der Waals surface area (Å²) in [6.45, 7) is 0.934. The Morgan fingerprint density at radius 1 is 1.27 bits per heavy atom. The Hall–Kier alpha value is -0.351. The van der Waals surface area contributed by atoms with Gasteiger partial charge in [-0.15, -0.1) is 0 Å². The third-order valence-corrected chi connectivity index (χ3v) is 0.726. The molecule has 2 nitrogen and oxygen atoms in total. The number of carbonyl (C=O) groups excluding carboxylic acids is 2. The van der Waals surface area contributed by atoms with Crippen LogP contribution in [0.25, 0.3) is 0 Å². The third kappa shape index (κ3) is 6.06. The van der Waals surface area contributed by atoms with Gasteiger partial charge in [-0.2, -0.15) is 13.2 Å². The molecule has 0 aliphatic heterocycles. The molecule has 0 aliphatic carbocycles. The van der Waals surface area contributed by atoms with Crippen molar-refractivity contribution in [2.75, 3.05) is 0 Å². The van der Waals surface area contributed by atoms with E-state index in [4.69, 9.17) is 0 Å². The van der Waals surface area contributed by atoms with E-state index < -0.39 is 24.2 Å². The van der Waals surface area contributed by atoms with Crippen LogP contribution in [-0.2, 0) is 26.7 Å². The zero-order chi connectivity index (χ0) is 8.36. The van der Waals surface area contributed by atoms with Crippen molar-refractivity contribution in [3.63, 3.8) is 0 Å². The molecule has 0 amide bonds. The van der Waals surface area contributed by atoms with E-state index in [9.17, 15) is 22.8 Å². The minimum atomic E-state index is -4.87. The molecule has 0 aliphatic rings. The first kappa shape index (κ1) is 13.3. The van der Waals surface area contributed by atoms with Crippen molar-refractivity contribution in [2.24, 2.45) is 0 Å². The number of alkyl halides is 3. The van der Waals surface area contributed by atoms with Crippen LogP contribution in [0.4, 0.5) is 13.2 Å². The van der Waals surface area contributed by atoms with Crippen LogP contribution in [0.1, 0.15) is 13.3 Å². The summed E-state index contributed by atoms with van der Waals surface area (Å²) >= 11 is 0. The van der Waals surface area contributed by atoms with Gasteiger partial charge in [0, 0.05) is 0 Å². The zero-order valence-electron chi connectivity index (χ0n) is 5.51. The molecular weight excluding hydrogens is 205 g/mol. The van der Waals surface area contributed by atoms with E-state index in [-0.39, 0.29) is 17.1 Å². The number of carbonyl (C=O) groups is 2. The molecule has 0 N–H and O–H groups in total. The minimum Gasteiger partial charge on any atom is -0.300 e. The van der Waals surface area contributed by atoms with Crippen molar-refractivity contribution >= 4 is 11.6 Å². The average molecular weight is 210 g/mol. The van der Waals surface area contributed by atoms with Gasteiger partial charge in [0.25, 0.3) is 0 Å². The van der Waals surface area contributed by atoms with Gasteiger partial charge in [0.1, 0.15) is 5.78 Å². The monoisotopic (exact) mass is 210 g/mol. The summed E-state index contributed by atoms with van der Waals surface area (Å²) < 4.78 is 33.9. The zero-order valence-corrected chi connectivity index (χ0v) is 6.62. The molecule has 0 aromatic heterocycles. The maximum atomic E-state index is 11.3. The van der Waals surface area contributed by atoms with Gasteiger partial charge in [0.2, 0.25) is 5.78 Å². The summed E-state index contributed by atoms with van der Waals surface area (Å²) in [6, 6.07) is 0. The first-order valence-corrected chi connectivity index (χ1v) is 2.43. The SMILES string of the molecule is CC(=O)CC(=O)C(F)(F)F.[Fe+3]. The van der Waals surface area contributed by atoms with E-state index in [0.29, 0.717) is 0 Å². The number of ketones is 2. The summed E-state index contributed by atoms with van der Waals surface area (Å²) in [5.74, 6) is -2.76. The van der Waals surface area contributed by atoms with Crippen molar-refractivity contribution in [3.8, 4) is 0 Å². The second-order valence-electron chi connectivity index (χ2n) is 1.80. The molecular formula is C5H5F3FeO2+3. The number of halogens is 3. The van der Waals surface area contributed by atoms with Crippen molar-refractivity contribution in [1.82, 2.24) is 0 Å². The summed E-state index contributed by atoms with van der Waals surface area (Å²) in [7, 11) is 0. The third-order valence-electron chi connectivity index (χ3n) is 0.726. The Morgan fingerprint density at radius 3 is 1.73 bits per heavy atom. The molecule has 0 spiro atoms. The van der Waals surface area contributed by atoms with Crippen LogP contribution >= 0.6 is 0 Å². The summed E-state index contributed by atoms with van der Waals surface area (Å²) in [6.07, 6.45) is -5.92. The topological polar surface area (TPSA) is 34.1 Å². The Labute approximate surface area is 71.6 Å². The molecule has 0 heterocycles. The van der Waals surface area contributed by atoms with Crippen LogP contribution in [0.15, 0.2) is 0 Å². The standard InChI is InChI=1S/C5H5F3O2.Fe/c1-3(9)2-4(10)5(6,7)8;/h2H2,1H3;/q;+3. The Balaban J connectivity index is 0. The van der Waals surface area contributed by atoms with Gasteiger partial charge < -0.3 is 0 Å². The van der Waals surface area contributed by atoms with Crippen molar-refractivity contribution in [2.45, 2.75) is 19.5 Å². The molecule has 0 saturated heterocycles. The van der Waals surface area contributed by atoms with Crippen LogP contribution in [0.2, 0.25) is 0 Å². The first-order valence-electron chi connectivity index (χ1n) is 2.43. The fourth-order valence-corrected chi connectivity index (χ4v) is 0.326. The van der Waals surface area contributed by atoms with E-state index in [1.54, 1.807) is 0 Å². The number of Topliss-reactive ketones (excluding diaryl/α,β-unsaturated/α-hetero) is 2. The molecule has 0 bridgehead atoms. The Bertz CT molecular complexity index is 164. The molecule has 0 fully saturated rings. The molecule has 0 unspecified atom stereocenters. The Kier molecular flexibility index (Phi) is 5.44. The molecule has 63 valence electrons. The molecule has 0 aromatic carbocycles. The van der Waals surface area contributed by atoms with Crippen LogP contribution in [-0.4, -0.2) is 17.7 Å². The van der Waals surface area contributed by atoms with Gasteiger partial charge in [-0.3, -0.25) is 9.59 Å². The molecule has 6 heteroatoms. The summed E-state index contributed by atoms with van der Waals surface area (Å²) in [5.41, 5.74) is 0. The normalized spacial score (nSPS) is 10.2. The number of hydrogen-bond acceptors (Lipinski definition) is 2. The van der Waals surface area contributed by atoms with Gasteiger partial charge in [-0.25, -0.2) is 0 Å². The quantitative estimate of drug-likeness (QED) is 0.505. The van der Waals surface area contributed by atoms with Gasteiger partial charge in [0.05, 0.1) is 6.42 Å². The maximum absolute atomic E-state index is 11.3. The largest absolute Gasteiger partial charge is 3.00 e. The second-order valence-corrected chi connectivity index (χ2v) is 1.80. The number of rotatable bonds is 2. The predicted octanol–water partition coefficient (Wildman–Crippen LogP) is 1.09. The number of hydrogen-bond donors (Lipinski definition) is 0. The fourth-order valence-electron chi connectivity index (χ4n) is 0.326. The second kappa shape index (κ2) is 4.51. The van der Waals surface area contributed by atoms with Crippen LogP contribution < -0.4 is 0 Å². The van der Waals surface area contributed by atoms with Crippen molar-refractivity contribution < 1.29 is 39.8 Å². The average Bonchev–Trinajstić information content (AvgIpc) is 1.60. The summed E-state index contributed by atoms with van der Waals surface area (Å²) in [5, 5.41) is 0. The van der Waals surface area contributed by atoms with Crippen molar-refractivity contribution in [1.29, 1.82) is 0 Å². The summed E-state index contributed by atoms with van der Waals surface area (Å²) in [4.78, 5) is 19.9. The maximum Gasteiger partial charge on any atom is 3.00 e. The predicted molar refractivity (Wildman–Crippen MR) is 26.4 cm³/mol. The fraction of sp³-hybridized carbons (Fsp3) is 0.600.